The molecule has 0 unspecified atom stereocenters. The van der Waals surface area contributed by atoms with E-state index >= 15 is 0 Å². The van der Waals surface area contributed by atoms with Crippen LogP contribution in [0.3, 0.4) is 0 Å². The molecule has 0 spiro atoms. The first kappa shape index (κ1) is 15.4. The fraction of sp³-hybridized carbons (Fsp3) is 0.333. The van der Waals surface area contributed by atoms with Crippen LogP contribution in [0.15, 0.2) is 30.3 Å². The van der Waals surface area contributed by atoms with E-state index in [0.717, 1.165) is 60.1 Å². The van der Waals surface area contributed by atoms with Gasteiger partial charge in [-0.15, -0.1) is 0 Å². The minimum atomic E-state index is 0.732. The Bertz CT molecular complexity index is 869. The van der Waals surface area contributed by atoms with E-state index in [1.165, 1.54) is 17.7 Å². The summed E-state index contributed by atoms with van der Waals surface area (Å²) in [6.45, 7) is 1.84. The third-order valence-electron chi connectivity index (χ3n) is 4.49. The normalized spacial score (nSPS) is 13.4. The van der Waals surface area contributed by atoms with Gasteiger partial charge < -0.3 is 11.1 Å². The molecule has 0 saturated carbocycles. The van der Waals surface area contributed by atoms with Gasteiger partial charge in [0, 0.05) is 40.9 Å². The predicted molar refractivity (Wildman–Crippen MR) is 96.3 cm³/mol. The summed E-state index contributed by atoms with van der Waals surface area (Å²) in [5.74, 6) is 1.10. The minimum Gasteiger partial charge on any atom is -0.369 e. The molecule has 0 amide bonds. The van der Waals surface area contributed by atoms with E-state index in [9.17, 15) is 0 Å². The molecule has 2 aromatic heterocycles. The second-order valence-corrected chi connectivity index (χ2v) is 6.62. The van der Waals surface area contributed by atoms with Crippen molar-refractivity contribution in [3.05, 3.63) is 46.6 Å². The molecule has 0 bridgehead atoms. The van der Waals surface area contributed by atoms with Crippen molar-refractivity contribution in [2.24, 2.45) is 0 Å². The zero-order valence-corrected chi connectivity index (χ0v) is 14.3. The maximum Gasteiger partial charge on any atom is 0.158 e. The Morgan fingerprint density at radius 2 is 2.04 bits per heavy atom. The number of nitrogens with one attached hydrogen (secondary N) is 1. The van der Waals surface area contributed by atoms with E-state index in [-0.39, 0.29) is 0 Å². The molecule has 2 heterocycles. The number of hydrogen-bond acceptors (Lipinski definition) is 3. The van der Waals surface area contributed by atoms with Crippen molar-refractivity contribution in [1.29, 1.82) is 0 Å². The van der Waals surface area contributed by atoms with Gasteiger partial charge in [0.15, 0.2) is 5.65 Å². The molecule has 0 atom stereocenters. The SMILES string of the molecule is [NH3+]CCCNc1c2c(nc3cc(-c4ccc(Cl)cc4)nn13)CCC2. The fourth-order valence-electron chi connectivity index (χ4n) is 3.26. The van der Waals surface area contributed by atoms with Crippen LogP contribution >= 0.6 is 11.6 Å². The summed E-state index contributed by atoms with van der Waals surface area (Å²) >= 11 is 5.99. The number of rotatable bonds is 5. The number of fused-ring (bicyclic) bond motifs is 2. The summed E-state index contributed by atoms with van der Waals surface area (Å²) < 4.78 is 1.96. The highest BCUT2D eigenvalue weighted by molar-refractivity contribution is 6.30. The summed E-state index contributed by atoms with van der Waals surface area (Å²) in [5, 5.41) is 9.10. The van der Waals surface area contributed by atoms with E-state index < -0.39 is 0 Å². The maximum absolute atomic E-state index is 5.99. The first-order valence-electron chi connectivity index (χ1n) is 8.47. The molecular weight excluding hydrogens is 322 g/mol. The van der Waals surface area contributed by atoms with Crippen LogP contribution in [0.4, 0.5) is 5.82 Å². The quantitative estimate of drug-likeness (QED) is 0.700. The molecule has 1 aliphatic carbocycles. The van der Waals surface area contributed by atoms with Gasteiger partial charge in [-0.3, -0.25) is 0 Å². The number of anilines is 1. The van der Waals surface area contributed by atoms with Crippen LogP contribution in [0.1, 0.15) is 24.1 Å². The predicted octanol–water partition coefficient (Wildman–Crippen LogP) is 2.58. The van der Waals surface area contributed by atoms with E-state index in [2.05, 4.69) is 11.1 Å². The molecule has 124 valence electrons. The first-order valence-corrected chi connectivity index (χ1v) is 8.84. The second kappa shape index (κ2) is 6.42. The van der Waals surface area contributed by atoms with Crippen LogP contribution < -0.4 is 11.1 Å². The zero-order chi connectivity index (χ0) is 16.5. The molecule has 1 aromatic carbocycles. The van der Waals surface area contributed by atoms with Gasteiger partial charge in [0.25, 0.3) is 0 Å². The van der Waals surface area contributed by atoms with Crippen molar-refractivity contribution in [3.8, 4) is 11.3 Å². The number of hydrogen-bond donors (Lipinski definition) is 2. The average Bonchev–Trinajstić information content (AvgIpc) is 3.21. The Morgan fingerprint density at radius 1 is 1.21 bits per heavy atom. The van der Waals surface area contributed by atoms with Gasteiger partial charge in [-0.2, -0.15) is 9.61 Å². The Morgan fingerprint density at radius 3 is 2.83 bits per heavy atom. The molecule has 5 nitrogen and oxygen atoms in total. The maximum atomic E-state index is 5.99. The van der Waals surface area contributed by atoms with Gasteiger partial charge in [-0.05, 0) is 31.4 Å². The Labute approximate surface area is 145 Å². The smallest absolute Gasteiger partial charge is 0.158 e. The van der Waals surface area contributed by atoms with E-state index in [1.807, 2.05) is 34.8 Å². The molecule has 6 heteroatoms. The largest absolute Gasteiger partial charge is 0.369 e. The van der Waals surface area contributed by atoms with Crippen LogP contribution in [0, 0.1) is 0 Å². The standard InChI is InChI=1S/C18H20ClN5/c19-13-7-5-12(6-8-13)16-11-17-22-15-4-1-3-14(15)18(24(17)23-16)21-10-2-9-20/h5-8,11,21H,1-4,9-10,20H2/p+1. The first-order chi connectivity index (χ1) is 11.8. The van der Waals surface area contributed by atoms with Crippen molar-refractivity contribution in [2.75, 3.05) is 18.4 Å². The molecule has 4 N–H and O–H groups in total. The summed E-state index contributed by atoms with van der Waals surface area (Å²) in [5.41, 5.74) is 9.31. The van der Waals surface area contributed by atoms with E-state index in [1.54, 1.807) is 0 Å². The summed E-state index contributed by atoms with van der Waals surface area (Å²) in [7, 11) is 0. The number of halogens is 1. The molecule has 1 aliphatic rings. The molecule has 24 heavy (non-hydrogen) atoms. The highest BCUT2D eigenvalue weighted by atomic mass is 35.5. The highest BCUT2D eigenvalue weighted by Crippen LogP contribution is 2.30. The third-order valence-corrected chi connectivity index (χ3v) is 4.74. The molecule has 0 fully saturated rings. The Kier molecular flexibility index (Phi) is 4.12. The van der Waals surface area contributed by atoms with Gasteiger partial charge in [0.2, 0.25) is 0 Å². The fourth-order valence-corrected chi connectivity index (χ4v) is 3.39. The van der Waals surface area contributed by atoms with Crippen LogP contribution in [-0.2, 0) is 12.8 Å². The lowest BCUT2D eigenvalue weighted by atomic mass is 10.1. The van der Waals surface area contributed by atoms with Gasteiger partial charge in [-0.1, -0.05) is 23.7 Å². The molecule has 0 radical (unpaired) electrons. The average molecular weight is 343 g/mol. The van der Waals surface area contributed by atoms with Gasteiger partial charge >= 0.3 is 0 Å². The van der Waals surface area contributed by atoms with Gasteiger partial charge in [0.05, 0.1) is 12.2 Å². The molecule has 0 aliphatic heterocycles. The van der Waals surface area contributed by atoms with Crippen LogP contribution in [0.5, 0.6) is 0 Å². The lowest BCUT2D eigenvalue weighted by Gasteiger charge is -2.12. The molecule has 4 rings (SSSR count). The monoisotopic (exact) mass is 342 g/mol. The number of nitrogens with zero attached hydrogens (tertiary/aromatic N) is 3. The third kappa shape index (κ3) is 2.74. The lowest BCUT2D eigenvalue weighted by molar-refractivity contribution is -0.367. The van der Waals surface area contributed by atoms with Gasteiger partial charge in [-0.25, -0.2) is 4.98 Å². The number of benzene rings is 1. The molecular formula is C18H21ClN5+. The van der Waals surface area contributed by atoms with Crippen molar-refractivity contribution in [3.63, 3.8) is 0 Å². The van der Waals surface area contributed by atoms with Gasteiger partial charge in [0.1, 0.15) is 5.82 Å². The summed E-state index contributed by atoms with van der Waals surface area (Å²) in [4.78, 5) is 4.83. The Balaban J connectivity index is 1.80. The number of aromatic nitrogens is 3. The zero-order valence-electron chi connectivity index (χ0n) is 13.6. The van der Waals surface area contributed by atoms with Crippen molar-refractivity contribution < 1.29 is 5.73 Å². The van der Waals surface area contributed by atoms with Crippen LogP contribution in [0.25, 0.3) is 16.9 Å². The number of quaternary nitrogens is 1. The number of aryl methyl sites for hydroxylation is 1. The van der Waals surface area contributed by atoms with Crippen molar-refractivity contribution in [2.45, 2.75) is 25.7 Å². The second-order valence-electron chi connectivity index (χ2n) is 6.18. The lowest BCUT2D eigenvalue weighted by Crippen LogP contribution is -2.50. The van der Waals surface area contributed by atoms with Crippen molar-refractivity contribution >= 4 is 23.1 Å². The van der Waals surface area contributed by atoms with Crippen molar-refractivity contribution in [1.82, 2.24) is 14.6 Å². The molecule has 3 aromatic rings. The summed E-state index contributed by atoms with van der Waals surface area (Å²) in [6.07, 6.45) is 4.34. The van der Waals surface area contributed by atoms with Crippen LogP contribution in [-0.4, -0.2) is 27.7 Å². The van der Waals surface area contributed by atoms with Crippen LogP contribution in [0.2, 0.25) is 5.02 Å². The topological polar surface area (TPSA) is 69.9 Å². The minimum absolute atomic E-state index is 0.732. The Hall–Kier alpha value is -2.11. The van der Waals surface area contributed by atoms with E-state index in [4.69, 9.17) is 21.7 Å². The highest BCUT2D eigenvalue weighted by Gasteiger charge is 2.21. The van der Waals surface area contributed by atoms with E-state index in [0.29, 0.717) is 0 Å². The molecule has 0 saturated heterocycles. The summed E-state index contributed by atoms with van der Waals surface area (Å²) in [6, 6.07) is 9.82.